The molecule has 1 aromatic carbocycles. The third-order valence-electron chi connectivity index (χ3n) is 4.15. The zero-order valence-electron chi connectivity index (χ0n) is 13.0. The van der Waals surface area contributed by atoms with Crippen LogP contribution < -0.4 is 5.62 Å². The molecule has 2 aromatic rings. The molecule has 1 fully saturated rings. The van der Waals surface area contributed by atoms with E-state index in [0.29, 0.717) is 10.4 Å². The highest BCUT2D eigenvalue weighted by Gasteiger charge is 2.14. The van der Waals surface area contributed by atoms with Gasteiger partial charge in [0.25, 0.3) is 0 Å². The number of hydrogen-bond donors (Lipinski definition) is 1. The summed E-state index contributed by atoms with van der Waals surface area (Å²) in [6.07, 6.45) is 0. The lowest BCUT2D eigenvalue weighted by Crippen LogP contribution is -2.39. The molecule has 0 aliphatic carbocycles. The zero-order chi connectivity index (χ0) is 15.5. The van der Waals surface area contributed by atoms with Crippen LogP contribution in [-0.2, 0) is 17.8 Å². The molecule has 120 valence electrons. The lowest BCUT2D eigenvalue weighted by molar-refractivity contribution is 0.0363. The van der Waals surface area contributed by atoms with Gasteiger partial charge < -0.3 is 13.9 Å². The SMILES string of the molecule is CC(Br)Cn1c(=N)n(CCN2CCOCC2)c2ccccc21. The summed E-state index contributed by atoms with van der Waals surface area (Å²) in [6.45, 7) is 8.37. The number of aromatic nitrogens is 2. The molecule has 2 heterocycles. The Balaban J connectivity index is 1.88. The van der Waals surface area contributed by atoms with E-state index in [1.807, 2.05) is 6.07 Å². The van der Waals surface area contributed by atoms with Gasteiger partial charge in [-0.25, -0.2) is 0 Å². The molecule has 5 nitrogen and oxygen atoms in total. The maximum absolute atomic E-state index is 8.55. The van der Waals surface area contributed by atoms with Crippen LogP contribution in [0.15, 0.2) is 24.3 Å². The number of alkyl halides is 1. The van der Waals surface area contributed by atoms with Gasteiger partial charge in [-0.15, -0.1) is 0 Å². The van der Waals surface area contributed by atoms with Gasteiger partial charge >= 0.3 is 0 Å². The van der Waals surface area contributed by atoms with Crippen molar-refractivity contribution in [1.29, 1.82) is 5.41 Å². The highest BCUT2D eigenvalue weighted by atomic mass is 79.9. The predicted molar refractivity (Wildman–Crippen MR) is 91.4 cm³/mol. The smallest absolute Gasteiger partial charge is 0.203 e. The Hall–Kier alpha value is -1.11. The molecule has 6 heteroatoms. The van der Waals surface area contributed by atoms with E-state index in [2.05, 4.69) is 55.1 Å². The van der Waals surface area contributed by atoms with Crippen LogP contribution in [0.5, 0.6) is 0 Å². The Morgan fingerprint density at radius 1 is 1.14 bits per heavy atom. The van der Waals surface area contributed by atoms with Gasteiger partial charge in [-0.1, -0.05) is 35.0 Å². The first kappa shape index (κ1) is 15.8. The molecule has 1 unspecified atom stereocenters. The van der Waals surface area contributed by atoms with Crippen molar-refractivity contribution in [1.82, 2.24) is 14.0 Å². The minimum absolute atomic E-state index is 0.347. The highest BCUT2D eigenvalue weighted by molar-refractivity contribution is 9.09. The molecule has 22 heavy (non-hydrogen) atoms. The second kappa shape index (κ2) is 6.98. The molecular weight excluding hydrogens is 344 g/mol. The molecule has 1 N–H and O–H groups in total. The number of rotatable bonds is 5. The number of nitrogens with zero attached hydrogens (tertiary/aromatic N) is 3. The normalized spacial score (nSPS) is 17.9. The third kappa shape index (κ3) is 3.29. The molecule has 1 aromatic heterocycles. The summed E-state index contributed by atoms with van der Waals surface area (Å²) in [5, 5.41) is 8.55. The zero-order valence-corrected chi connectivity index (χ0v) is 14.6. The van der Waals surface area contributed by atoms with Gasteiger partial charge in [0.15, 0.2) is 0 Å². The minimum Gasteiger partial charge on any atom is -0.379 e. The molecular formula is C16H23BrN4O. The molecule has 0 radical (unpaired) electrons. The van der Waals surface area contributed by atoms with Gasteiger partial charge in [0, 0.05) is 37.6 Å². The first-order valence-corrected chi connectivity index (χ1v) is 8.75. The highest BCUT2D eigenvalue weighted by Crippen LogP contribution is 2.14. The van der Waals surface area contributed by atoms with Crippen molar-refractivity contribution >= 4 is 27.0 Å². The monoisotopic (exact) mass is 366 g/mol. The Labute approximate surface area is 139 Å². The molecule has 1 aliphatic heterocycles. The standard InChI is InChI=1S/C16H23BrN4O/c1-13(17)12-21-15-5-3-2-4-14(15)20(16(21)18)7-6-19-8-10-22-11-9-19/h2-5,13,18H,6-12H2,1H3. The van der Waals surface area contributed by atoms with Crippen molar-refractivity contribution in [2.24, 2.45) is 0 Å². The summed E-state index contributed by atoms with van der Waals surface area (Å²) in [5.74, 6) is 0. The van der Waals surface area contributed by atoms with Crippen LogP contribution in [-0.4, -0.2) is 51.7 Å². The molecule has 1 atom stereocenters. The molecule has 0 bridgehead atoms. The third-order valence-corrected chi connectivity index (χ3v) is 4.44. The van der Waals surface area contributed by atoms with Crippen LogP contribution in [0.4, 0.5) is 0 Å². The van der Waals surface area contributed by atoms with E-state index in [9.17, 15) is 0 Å². The summed E-state index contributed by atoms with van der Waals surface area (Å²) < 4.78 is 9.62. The number of ether oxygens (including phenoxy) is 1. The van der Waals surface area contributed by atoms with Crippen molar-refractivity contribution in [3.05, 3.63) is 29.9 Å². The summed E-state index contributed by atoms with van der Waals surface area (Å²) in [6, 6.07) is 8.31. The fourth-order valence-corrected chi connectivity index (χ4v) is 3.31. The van der Waals surface area contributed by atoms with Gasteiger partial charge in [0.2, 0.25) is 5.62 Å². The topological polar surface area (TPSA) is 46.2 Å². The van der Waals surface area contributed by atoms with E-state index < -0.39 is 0 Å². The summed E-state index contributed by atoms with van der Waals surface area (Å²) >= 11 is 3.61. The summed E-state index contributed by atoms with van der Waals surface area (Å²) in [7, 11) is 0. The van der Waals surface area contributed by atoms with E-state index in [1.165, 1.54) is 0 Å². The molecule has 0 amide bonds. The van der Waals surface area contributed by atoms with Crippen molar-refractivity contribution in [2.75, 3.05) is 32.8 Å². The van der Waals surface area contributed by atoms with Crippen molar-refractivity contribution < 1.29 is 4.74 Å². The van der Waals surface area contributed by atoms with Crippen LogP contribution in [0.3, 0.4) is 0 Å². The second-order valence-electron chi connectivity index (χ2n) is 5.81. The maximum Gasteiger partial charge on any atom is 0.203 e. The first-order chi connectivity index (χ1) is 10.7. The number of fused-ring (bicyclic) bond motifs is 1. The molecule has 3 rings (SSSR count). The Bertz CT molecular complexity index is 685. The van der Waals surface area contributed by atoms with E-state index >= 15 is 0 Å². The van der Waals surface area contributed by atoms with E-state index in [4.69, 9.17) is 10.1 Å². The van der Waals surface area contributed by atoms with Gasteiger partial charge in [-0.3, -0.25) is 10.3 Å². The average Bonchev–Trinajstić information content (AvgIpc) is 2.78. The lowest BCUT2D eigenvalue weighted by atomic mass is 10.3. The molecule has 1 saturated heterocycles. The van der Waals surface area contributed by atoms with E-state index in [0.717, 1.165) is 57.0 Å². The molecule has 0 spiro atoms. The van der Waals surface area contributed by atoms with Crippen LogP contribution in [0.1, 0.15) is 6.92 Å². The Morgan fingerprint density at radius 3 is 2.41 bits per heavy atom. The van der Waals surface area contributed by atoms with Gasteiger partial charge in [-0.2, -0.15) is 0 Å². The number of para-hydroxylation sites is 2. The fraction of sp³-hybridized carbons (Fsp3) is 0.562. The van der Waals surface area contributed by atoms with E-state index in [-0.39, 0.29) is 0 Å². The fourth-order valence-electron chi connectivity index (χ4n) is 3.02. The molecule has 1 aliphatic rings. The van der Waals surface area contributed by atoms with Crippen LogP contribution in [0, 0.1) is 5.41 Å². The van der Waals surface area contributed by atoms with Gasteiger partial charge in [-0.05, 0) is 12.1 Å². The number of hydrogen-bond acceptors (Lipinski definition) is 3. The van der Waals surface area contributed by atoms with E-state index in [1.54, 1.807) is 0 Å². The van der Waals surface area contributed by atoms with Crippen LogP contribution >= 0.6 is 15.9 Å². The summed E-state index contributed by atoms with van der Waals surface area (Å²) in [4.78, 5) is 2.76. The Morgan fingerprint density at radius 2 is 1.77 bits per heavy atom. The minimum atomic E-state index is 0.347. The lowest BCUT2D eigenvalue weighted by Gasteiger charge is -2.26. The second-order valence-corrected chi connectivity index (χ2v) is 7.37. The number of nitrogens with one attached hydrogen (secondary N) is 1. The van der Waals surface area contributed by atoms with Gasteiger partial charge in [0.05, 0.1) is 24.2 Å². The van der Waals surface area contributed by atoms with Gasteiger partial charge in [0.1, 0.15) is 0 Å². The number of morpholine rings is 1. The predicted octanol–water partition coefficient (Wildman–Crippen LogP) is 2.04. The first-order valence-electron chi connectivity index (χ1n) is 7.83. The quantitative estimate of drug-likeness (QED) is 0.823. The number of benzene rings is 1. The number of imidazole rings is 1. The van der Waals surface area contributed by atoms with Crippen molar-refractivity contribution in [3.8, 4) is 0 Å². The maximum atomic E-state index is 8.55. The largest absolute Gasteiger partial charge is 0.379 e. The van der Waals surface area contributed by atoms with Crippen molar-refractivity contribution in [2.45, 2.75) is 24.8 Å². The average molecular weight is 367 g/mol. The molecule has 0 saturated carbocycles. The van der Waals surface area contributed by atoms with Crippen LogP contribution in [0.2, 0.25) is 0 Å². The van der Waals surface area contributed by atoms with Crippen molar-refractivity contribution in [3.63, 3.8) is 0 Å². The summed E-state index contributed by atoms with van der Waals surface area (Å²) in [5.41, 5.74) is 2.87. The number of halogens is 1. The van der Waals surface area contributed by atoms with Crippen LogP contribution in [0.25, 0.3) is 11.0 Å². The Kier molecular flexibility index (Phi) is 5.00.